The third-order valence-corrected chi connectivity index (χ3v) is 2.76. The molecule has 66 valence electrons. The fourth-order valence-corrected chi connectivity index (χ4v) is 1.80. The Kier molecular flexibility index (Phi) is 2.90. The van der Waals surface area contributed by atoms with Crippen LogP contribution in [0.2, 0.25) is 0 Å². The van der Waals surface area contributed by atoms with Gasteiger partial charge in [-0.3, -0.25) is 0 Å². The minimum absolute atomic E-state index is 0.188. The molecule has 1 aliphatic carbocycles. The second-order valence-electron chi connectivity index (χ2n) is 3.64. The van der Waals surface area contributed by atoms with E-state index < -0.39 is 0 Å². The first kappa shape index (κ1) is 9.01. The standard InChI is InChI=1S/C9H19NO/c1-3-8-7-9(8,10)5-4-6-11-2/h8H,3-7,10H2,1-2H3. The van der Waals surface area contributed by atoms with Crippen LogP contribution in [0.5, 0.6) is 0 Å². The summed E-state index contributed by atoms with van der Waals surface area (Å²) < 4.78 is 4.98. The predicted octanol–water partition coefficient (Wildman–Crippen LogP) is 1.54. The summed E-state index contributed by atoms with van der Waals surface area (Å²) in [6.45, 7) is 3.07. The lowest BCUT2D eigenvalue weighted by Crippen LogP contribution is -2.25. The van der Waals surface area contributed by atoms with Crippen molar-refractivity contribution in [1.82, 2.24) is 0 Å². The molecule has 1 aliphatic rings. The normalized spacial score (nSPS) is 35.7. The lowest BCUT2D eigenvalue weighted by atomic mass is 10.1. The summed E-state index contributed by atoms with van der Waals surface area (Å²) >= 11 is 0. The van der Waals surface area contributed by atoms with E-state index in [1.807, 2.05) is 0 Å². The average Bonchev–Trinajstić information content (AvgIpc) is 2.63. The highest BCUT2D eigenvalue weighted by Crippen LogP contribution is 2.46. The molecule has 2 heteroatoms. The van der Waals surface area contributed by atoms with Gasteiger partial charge in [0.15, 0.2) is 0 Å². The molecule has 1 fully saturated rings. The molecule has 11 heavy (non-hydrogen) atoms. The van der Waals surface area contributed by atoms with Gasteiger partial charge in [-0.05, 0) is 25.2 Å². The molecule has 2 unspecified atom stereocenters. The van der Waals surface area contributed by atoms with Gasteiger partial charge in [0.25, 0.3) is 0 Å². The van der Waals surface area contributed by atoms with E-state index in [1.165, 1.54) is 12.8 Å². The van der Waals surface area contributed by atoms with Crippen LogP contribution in [-0.2, 0) is 4.74 Å². The smallest absolute Gasteiger partial charge is 0.0462 e. The van der Waals surface area contributed by atoms with Crippen molar-refractivity contribution in [3.05, 3.63) is 0 Å². The predicted molar refractivity (Wildman–Crippen MR) is 46.4 cm³/mol. The van der Waals surface area contributed by atoms with Crippen LogP contribution in [0.4, 0.5) is 0 Å². The third kappa shape index (κ3) is 2.17. The molecule has 0 bridgehead atoms. The van der Waals surface area contributed by atoms with Crippen molar-refractivity contribution in [2.75, 3.05) is 13.7 Å². The molecule has 0 aliphatic heterocycles. The quantitative estimate of drug-likeness (QED) is 0.614. The topological polar surface area (TPSA) is 35.2 Å². The van der Waals surface area contributed by atoms with E-state index in [9.17, 15) is 0 Å². The summed E-state index contributed by atoms with van der Waals surface area (Å²) in [5.41, 5.74) is 6.27. The number of methoxy groups -OCH3 is 1. The maximum atomic E-state index is 6.09. The Bertz CT molecular complexity index is 127. The lowest BCUT2D eigenvalue weighted by molar-refractivity contribution is 0.188. The zero-order chi connectivity index (χ0) is 8.32. The molecule has 0 aromatic heterocycles. The van der Waals surface area contributed by atoms with Crippen molar-refractivity contribution < 1.29 is 4.74 Å². The van der Waals surface area contributed by atoms with Crippen molar-refractivity contribution in [3.8, 4) is 0 Å². The van der Waals surface area contributed by atoms with Crippen LogP contribution in [-0.4, -0.2) is 19.3 Å². The van der Waals surface area contributed by atoms with Gasteiger partial charge in [-0.1, -0.05) is 13.3 Å². The van der Waals surface area contributed by atoms with Crippen LogP contribution < -0.4 is 5.73 Å². The molecule has 0 radical (unpaired) electrons. The first-order valence-electron chi connectivity index (χ1n) is 4.50. The first-order valence-corrected chi connectivity index (χ1v) is 4.50. The van der Waals surface area contributed by atoms with E-state index in [4.69, 9.17) is 10.5 Å². The number of rotatable bonds is 5. The second kappa shape index (κ2) is 3.55. The van der Waals surface area contributed by atoms with E-state index in [2.05, 4.69) is 6.92 Å². The van der Waals surface area contributed by atoms with E-state index >= 15 is 0 Å². The first-order chi connectivity index (χ1) is 5.23. The Balaban J connectivity index is 2.08. The van der Waals surface area contributed by atoms with Gasteiger partial charge in [0.2, 0.25) is 0 Å². The van der Waals surface area contributed by atoms with Crippen LogP contribution in [0.25, 0.3) is 0 Å². The van der Waals surface area contributed by atoms with Gasteiger partial charge < -0.3 is 10.5 Å². The van der Waals surface area contributed by atoms with Gasteiger partial charge in [0.1, 0.15) is 0 Å². The summed E-state index contributed by atoms with van der Waals surface area (Å²) in [4.78, 5) is 0. The van der Waals surface area contributed by atoms with Crippen molar-refractivity contribution >= 4 is 0 Å². The fourth-order valence-electron chi connectivity index (χ4n) is 1.80. The molecule has 0 saturated heterocycles. The Labute approximate surface area is 69.1 Å². The molecule has 0 heterocycles. The maximum absolute atomic E-state index is 6.09. The molecule has 2 nitrogen and oxygen atoms in total. The SMILES string of the molecule is CCC1CC1(N)CCCOC. The van der Waals surface area contributed by atoms with Gasteiger partial charge in [-0.25, -0.2) is 0 Å². The Morgan fingerprint density at radius 2 is 2.36 bits per heavy atom. The van der Waals surface area contributed by atoms with Crippen LogP contribution in [0.15, 0.2) is 0 Å². The van der Waals surface area contributed by atoms with E-state index in [0.717, 1.165) is 25.4 Å². The monoisotopic (exact) mass is 157 g/mol. The Morgan fingerprint density at radius 1 is 1.64 bits per heavy atom. The molecule has 0 amide bonds. The Morgan fingerprint density at radius 3 is 2.82 bits per heavy atom. The van der Waals surface area contributed by atoms with Gasteiger partial charge >= 0.3 is 0 Å². The molecule has 0 aromatic rings. The minimum Gasteiger partial charge on any atom is -0.385 e. The minimum atomic E-state index is 0.188. The lowest BCUT2D eigenvalue weighted by Gasteiger charge is -2.09. The second-order valence-corrected chi connectivity index (χ2v) is 3.64. The number of nitrogens with two attached hydrogens (primary N) is 1. The van der Waals surface area contributed by atoms with Crippen LogP contribution in [0.3, 0.4) is 0 Å². The van der Waals surface area contributed by atoms with E-state index in [0.29, 0.717) is 0 Å². The van der Waals surface area contributed by atoms with Crippen molar-refractivity contribution in [2.24, 2.45) is 11.7 Å². The summed E-state index contributed by atoms with van der Waals surface area (Å²) in [5.74, 6) is 0.791. The molecular weight excluding hydrogens is 138 g/mol. The summed E-state index contributed by atoms with van der Waals surface area (Å²) in [6, 6.07) is 0. The van der Waals surface area contributed by atoms with Crippen LogP contribution in [0.1, 0.15) is 32.6 Å². The highest BCUT2D eigenvalue weighted by atomic mass is 16.5. The molecule has 2 N–H and O–H groups in total. The summed E-state index contributed by atoms with van der Waals surface area (Å²) in [5, 5.41) is 0. The van der Waals surface area contributed by atoms with Crippen molar-refractivity contribution in [2.45, 2.75) is 38.1 Å². The van der Waals surface area contributed by atoms with Crippen LogP contribution >= 0.6 is 0 Å². The fraction of sp³-hybridized carbons (Fsp3) is 1.00. The summed E-state index contributed by atoms with van der Waals surface area (Å²) in [7, 11) is 1.74. The number of hydrogen-bond donors (Lipinski definition) is 1. The van der Waals surface area contributed by atoms with Crippen molar-refractivity contribution in [3.63, 3.8) is 0 Å². The highest BCUT2D eigenvalue weighted by molar-refractivity contribution is 5.06. The van der Waals surface area contributed by atoms with Crippen molar-refractivity contribution in [1.29, 1.82) is 0 Å². The van der Waals surface area contributed by atoms with E-state index in [1.54, 1.807) is 7.11 Å². The van der Waals surface area contributed by atoms with E-state index in [-0.39, 0.29) is 5.54 Å². The Hall–Kier alpha value is -0.0800. The number of hydrogen-bond acceptors (Lipinski definition) is 2. The van der Waals surface area contributed by atoms with Gasteiger partial charge in [-0.2, -0.15) is 0 Å². The molecule has 2 atom stereocenters. The van der Waals surface area contributed by atoms with Gasteiger partial charge in [0, 0.05) is 19.3 Å². The largest absolute Gasteiger partial charge is 0.385 e. The zero-order valence-corrected chi connectivity index (χ0v) is 7.60. The third-order valence-electron chi connectivity index (χ3n) is 2.76. The summed E-state index contributed by atoms with van der Waals surface area (Å²) in [6.07, 6.45) is 4.72. The van der Waals surface area contributed by atoms with Gasteiger partial charge in [0.05, 0.1) is 0 Å². The molecule has 0 spiro atoms. The highest BCUT2D eigenvalue weighted by Gasteiger charge is 2.48. The molecule has 1 saturated carbocycles. The molecule has 0 aromatic carbocycles. The zero-order valence-electron chi connectivity index (χ0n) is 7.60. The van der Waals surface area contributed by atoms with Crippen LogP contribution in [0, 0.1) is 5.92 Å². The average molecular weight is 157 g/mol. The maximum Gasteiger partial charge on any atom is 0.0462 e. The molecule has 1 rings (SSSR count). The van der Waals surface area contributed by atoms with Gasteiger partial charge in [-0.15, -0.1) is 0 Å². The molecular formula is C9H19NO. The number of ether oxygens (including phenoxy) is 1.